The molecule has 0 unspecified atom stereocenters. The minimum Gasteiger partial charge on any atom is -0.385 e. The molecule has 2 N–H and O–H groups in total. The first-order valence-corrected chi connectivity index (χ1v) is 7.30. The number of nitrogens with zero attached hydrogens (tertiary/aromatic N) is 1. The van der Waals surface area contributed by atoms with Gasteiger partial charge in [0.25, 0.3) is 0 Å². The molecule has 1 fully saturated rings. The van der Waals surface area contributed by atoms with Crippen molar-refractivity contribution in [2.24, 2.45) is 0 Å². The molecule has 1 aromatic rings. The molecule has 1 aromatic carbocycles. The largest absolute Gasteiger partial charge is 0.385 e. The van der Waals surface area contributed by atoms with Crippen LogP contribution in [0.4, 0.5) is 5.69 Å². The summed E-state index contributed by atoms with van der Waals surface area (Å²) in [6.45, 7) is 7.07. The Morgan fingerprint density at radius 2 is 1.90 bits per heavy atom. The lowest BCUT2D eigenvalue weighted by Gasteiger charge is -2.34. The van der Waals surface area contributed by atoms with Crippen molar-refractivity contribution in [3.63, 3.8) is 0 Å². The Labute approximate surface area is 126 Å². The molecule has 0 spiro atoms. The van der Waals surface area contributed by atoms with Gasteiger partial charge in [0.2, 0.25) is 0 Å². The third-order valence-electron chi connectivity index (χ3n) is 3.98. The number of carbonyl (C=O) groups excluding carboxylic acids is 1. The highest BCUT2D eigenvalue weighted by Crippen LogP contribution is 2.31. The van der Waals surface area contributed by atoms with Gasteiger partial charge in [-0.15, -0.1) is 0 Å². The molecule has 1 aliphatic heterocycles. The predicted molar refractivity (Wildman–Crippen MR) is 87.1 cm³/mol. The molecule has 0 saturated carbocycles. The van der Waals surface area contributed by atoms with Crippen LogP contribution >= 0.6 is 0 Å². The SMILES string of the molecule is CN/C(C=O)=C1/CCCN(c2c(C)cc(C)cc2C)C1=N. The van der Waals surface area contributed by atoms with Crippen molar-refractivity contribution in [1.29, 1.82) is 5.41 Å². The first-order valence-electron chi connectivity index (χ1n) is 7.30. The number of piperidine rings is 1. The van der Waals surface area contributed by atoms with Gasteiger partial charge < -0.3 is 10.2 Å². The standard InChI is InChI=1S/C17H23N3O/c1-11-8-12(2)16(13(3)9-11)20-7-5-6-14(17(20)18)15(10-21)19-4/h8-10,18-19H,5-7H2,1-4H3/b15-14-,18-17?. The van der Waals surface area contributed by atoms with E-state index in [1.165, 1.54) is 16.7 Å². The Balaban J connectivity index is 2.48. The first-order chi connectivity index (χ1) is 9.99. The molecule has 2 rings (SSSR count). The fraction of sp³-hybridized carbons (Fsp3) is 0.412. The van der Waals surface area contributed by atoms with Crippen LogP contribution in [0.25, 0.3) is 0 Å². The van der Waals surface area contributed by atoms with E-state index in [1.807, 2.05) is 4.90 Å². The number of anilines is 1. The highest BCUT2D eigenvalue weighted by atomic mass is 16.1. The summed E-state index contributed by atoms with van der Waals surface area (Å²) >= 11 is 0. The van der Waals surface area contributed by atoms with E-state index < -0.39 is 0 Å². The Morgan fingerprint density at radius 1 is 1.29 bits per heavy atom. The summed E-state index contributed by atoms with van der Waals surface area (Å²) in [5.41, 5.74) is 6.01. The zero-order valence-electron chi connectivity index (χ0n) is 13.2. The van der Waals surface area contributed by atoms with Gasteiger partial charge >= 0.3 is 0 Å². The maximum absolute atomic E-state index is 11.2. The van der Waals surface area contributed by atoms with Gasteiger partial charge in [0.05, 0.1) is 5.70 Å². The molecule has 0 aromatic heterocycles. The first kappa shape index (κ1) is 15.3. The second-order valence-corrected chi connectivity index (χ2v) is 5.61. The van der Waals surface area contributed by atoms with Crippen LogP contribution in [0.15, 0.2) is 23.4 Å². The summed E-state index contributed by atoms with van der Waals surface area (Å²) in [5, 5.41) is 11.4. The van der Waals surface area contributed by atoms with Crippen LogP contribution in [-0.2, 0) is 4.79 Å². The van der Waals surface area contributed by atoms with Crippen LogP contribution in [0, 0.1) is 26.2 Å². The lowest BCUT2D eigenvalue weighted by Crippen LogP contribution is -2.39. The van der Waals surface area contributed by atoms with E-state index in [0.29, 0.717) is 11.5 Å². The molecule has 1 heterocycles. The van der Waals surface area contributed by atoms with Crippen LogP contribution in [-0.4, -0.2) is 25.7 Å². The Hall–Kier alpha value is -2.10. The van der Waals surface area contributed by atoms with Gasteiger partial charge in [-0.1, -0.05) is 17.7 Å². The molecule has 1 saturated heterocycles. The maximum Gasteiger partial charge on any atom is 0.166 e. The quantitative estimate of drug-likeness (QED) is 0.663. The summed E-state index contributed by atoms with van der Waals surface area (Å²) in [6, 6.07) is 4.29. The number of amidine groups is 1. The van der Waals surface area contributed by atoms with E-state index in [-0.39, 0.29) is 0 Å². The highest BCUT2D eigenvalue weighted by molar-refractivity contribution is 6.11. The molecule has 4 nitrogen and oxygen atoms in total. The van der Waals surface area contributed by atoms with Crippen LogP contribution < -0.4 is 10.2 Å². The number of aldehydes is 1. The van der Waals surface area contributed by atoms with Gasteiger partial charge in [-0.2, -0.15) is 0 Å². The molecule has 0 aliphatic carbocycles. The number of rotatable bonds is 3. The number of nitrogens with one attached hydrogen (secondary N) is 2. The molecule has 0 atom stereocenters. The van der Waals surface area contributed by atoms with Gasteiger partial charge in [0.15, 0.2) is 6.29 Å². The van der Waals surface area contributed by atoms with E-state index in [2.05, 4.69) is 38.2 Å². The monoisotopic (exact) mass is 285 g/mol. The van der Waals surface area contributed by atoms with Gasteiger partial charge in [-0.05, 0) is 44.7 Å². The van der Waals surface area contributed by atoms with Crippen molar-refractivity contribution in [3.05, 3.63) is 40.1 Å². The normalized spacial score (nSPS) is 17.7. The van der Waals surface area contributed by atoms with Crippen molar-refractivity contribution in [2.75, 3.05) is 18.5 Å². The fourth-order valence-electron chi connectivity index (χ4n) is 3.17. The molecule has 0 bridgehead atoms. The van der Waals surface area contributed by atoms with E-state index >= 15 is 0 Å². The van der Waals surface area contributed by atoms with Crippen molar-refractivity contribution < 1.29 is 4.79 Å². The predicted octanol–water partition coefficient (Wildman–Crippen LogP) is 2.86. The lowest BCUT2D eigenvalue weighted by molar-refractivity contribution is -0.105. The fourth-order valence-corrected chi connectivity index (χ4v) is 3.17. The lowest BCUT2D eigenvalue weighted by atomic mass is 9.97. The molecule has 4 heteroatoms. The average molecular weight is 285 g/mol. The second kappa shape index (κ2) is 6.12. The van der Waals surface area contributed by atoms with Gasteiger partial charge in [-0.3, -0.25) is 10.2 Å². The molecule has 112 valence electrons. The number of hydrogen-bond donors (Lipinski definition) is 2. The van der Waals surface area contributed by atoms with Crippen molar-refractivity contribution in [1.82, 2.24) is 5.32 Å². The molecular formula is C17H23N3O. The van der Waals surface area contributed by atoms with Gasteiger partial charge in [-0.25, -0.2) is 0 Å². The highest BCUT2D eigenvalue weighted by Gasteiger charge is 2.25. The van der Waals surface area contributed by atoms with E-state index in [1.54, 1.807) is 7.05 Å². The molecule has 0 radical (unpaired) electrons. The Bertz CT molecular complexity index is 593. The third kappa shape index (κ3) is 2.84. The van der Waals surface area contributed by atoms with Crippen LogP contribution in [0.1, 0.15) is 29.5 Å². The zero-order chi connectivity index (χ0) is 15.6. The number of allylic oxidation sites excluding steroid dienone is 1. The van der Waals surface area contributed by atoms with Crippen LogP contribution in [0.5, 0.6) is 0 Å². The summed E-state index contributed by atoms with van der Waals surface area (Å²) < 4.78 is 0. The summed E-state index contributed by atoms with van der Waals surface area (Å²) in [6.07, 6.45) is 2.53. The maximum atomic E-state index is 11.2. The Kier molecular flexibility index (Phi) is 4.46. The summed E-state index contributed by atoms with van der Waals surface area (Å²) in [4.78, 5) is 13.2. The zero-order valence-corrected chi connectivity index (χ0v) is 13.2. The number of likely N-dealkylation sites (N-methyl/N-ethyl adjacent to an activating group) is 1. The average Bonchev–Trinajstić information content (AvgIpc) is 2.42. The molecule has 0 amide bonds. The Morgan fingerprint density at radius 3 is 2.43 bits per heavy atom. The van der Waals surface area contributed by atoms with E-state index in [4.69, 9.17) is 5.41 Å². The number of aryl methyl sites for hydroxylation is 3. The van der Waals surface area contributed by atoms with Crippen molar-refractivity contribution in [2.45, 2.75) is 33.6 Å². The van der Waals surface area contributed by atoms with E-state index in [0.717, 1.165) is 36.9 Å². The number of carbonyl (C=O) groups is 1. The van der Waals surface area contributed by atoms with Gasteiger partial charge in [0.1, 0.15) is 5.84 Å². The van der Waals surface area contributed by atoms with Crippen molar-refractivity contribution >= 4 is 17.8 Å². The summed E-state index contributed by atoms with van der Waals surface area (Å²) in [5.74, 6) is 0.438. The number of benzene rings is 1. The van der Waals surface area contributed by atoms with Crippen molar-refractivity contribution in [3.8, 4) is 0 Å². The summed E-state index contributed by atoms with van der Waals surface area (Å²) in [7, 11) is 1.73. The molecule has 21 heavy (non-hydrogen) atoms. The minimum atomic E-state index is 0.438. The molecular weight excluding hydrogens is 262 g/mol. The van der Waals surface area contributed by atoms with Gasteiger partial charge in [0, 0.05) is 24.9 Å². The van der Waals surface area contributed by atoms with Crippen LogP contribution in [0.2, 0.25) is 0 Å². The number of hydrogen-bond acceptors (Lipinski definition) is 3. The van der Waals surface area contributed by atoms with E-state index in [9.17, 15) is 4.79 Å². The molecule has 1 aliphatic rings. The second-order valence-electron chi connectivity index (χ2n) is 5.61. The topological polar surface area (TPSA) is 56.2 Å². The smallest absolute Gasteiger partial charge is 0.166 e. The van der Waals surface area contributed by atoms with Crippen LogP contribution in [0.3, 0.4) is 0 Å². The minimum absolute atomic E-state index is 0.438. The third-order valence-corrected chi connectivity index (χ3v) is 3.98.